The zero-order chi connectivity index (χ0) is 17.3. The molecule has 1 aliphatic heterocycles. The fraction of sp³-hybridized carbons (Fsp3) is 0.188. The average molecular weight is 368 g/mol. The van der Waals surface area contributed by atoms with Gasteiger partial charge in [-0.25, -0.2) is 13.2 Å². The molecule has 0 aliphatic carbocycles. The number of nitrogens with zero attached hydrogens (tertiary/aromatic N) is 1. The predicted molar refractivity (Wildman–Crippen MR) is 88.9 cm³/mol. The number of benzene rings is 2. The Kier molecular flexibility index (Phi) is 4.38. The Hall–Kier alpha value is -2.25. The summed E-state index contributed by atoms with van der Waals surface area (Å²) in [7, 11) is -2.65. The van der Waals surface area contributed by atoms with Gasteiger partial charge in [0, 0.05) is 5.02 Å². The number of hydrogen-bond donors (Lipinski definition) is 0. The molecule has 1 heterocycles. The first-order chi connectivity index (χ1) is 11.4. The minimum absolute atomic E-state index is 0.0761. The van der Waals surface area contributed by atoms with Gasteiger partial charge in [-0.2, -0.15) is 0 Å². The van der Waals surface area contributed by atoms with Gasteiger partial charge in [0.2, 0.25) is 6.10 Å². The lowest BCUT2D eigenvalue weighted by molar-refractivity contribution is -0.148. The highest BCUT2D eigenvalue weighted by atomic mass is 35.5. The van der Waals surface area contributed by atoms with E-state index < -0.39 is 22.1 Å². The number of halogens is 1. The highest BCUT2D eigenvalue weighted by molar-refractivity contribution is 7.92. The second-order valence-corrected chi connectivity index (χ2v) is 7.39. The maximum atomic E-state index is 13.0. The van der Waals surface area contributed by atoms with E-state index in [0.29, 0.717) is 16.5 Å². The molecule has 0 spiro atoms. The van der Waals surface area contributed by atoms with Crippen LogP contribution in [-0.4, -0.2) is 34.1 Å². The largest absolute Gasteiger partial charge is 0.475 e. The number of carbonyl (C=O) groups is 1. The van der Waals surface area contributed by atoms with Gasteiger partial charge in [0.05, 0.1) is 24.2 Å². The van der Waals surface area contributed by atoms with Crippen LogP contribution in [0.5, 0.6) is 5.75 Å². The second-order valence-electron chi connectivity index (χ2n) is 5.09. The third-order valence-electron chi connectivity index (χ3n) is 3.60. The summed E-state index contributed by atoms with van der Waals surface area (Å²) in [4.78, 5) is 11.9. The minimum atomic E-state index is -3.88. The Labute approximate surface area is 144 Å². The van der Waals surface area contributed by atoms with Crippen LogP contribution in [0.2, 0.25) is 5.02 Å². The standard InChI is InChI=1S/C16H14ClNO5S/c1-22-16(19)15-10-18(13-4-2-3-5-14(13)23-15)24(20,21)12-8-6-11(17)7-9-12/h2-9,15H,10H2,1H3. The van der Waals surface area contributed by atoms with Gasteiger partial charge in [-0.3, -0.25) is 4.31 Å². The van der Waals surface area contributed by atoms with Crippen LogP contribution in [0.3, 0.4) is 0 Å². The molecule has 24 heavy (non-hydrogen) atoms. The van der Waals surface area contributed by atoms with Crippen LogP contribution in [-0.2, 0) is 19.6 Å². The van der Waals surface area contributed by atoms with E-state index in [1.165, 1.54) is 31.4 Å². The van der Waals surface area contributed by atoms with Crippen LogP contribution in [0.25, 0.3) is 0 Å². The van der Waals surface area contributed by atoms with Crippen LogP contribution in [0.1, 0.15) is 0 Å². The predicted octanol–water partition coefficient (Wildman–Crippen LogP) is 2.47. The van der Waals surface area contributed by atoms with Crippen molar-refractivity contribution in [1.29, 1.82) is 0 Å². The fourth-order valence-electron chi connectivity index (χ4n) is 2.42. The van der Waals surface area contributed by atoms with Crippen molar-refractivity contribution in [2.75, 3.05) is 18.0 Å². The third-order valence-corrected chi connectivity index (χ3v) is 5.65. The molecule has 3 rings (SSSR count). The SMILES string of the molecule is COC(=O)C1CN(S(=O)(=O)c2ccc(Cl)cc2)c2ccccc2O1. The van der Waals surface area contributed by atoms with Crippen molar-refractivity contribution in [3.63, 3.8) is 0 Å². The highest BCUT2D eigenvalue weighted by Gasteiger charge is 2.37. The fourth-order valence-corrected chi connectivity index (χ4v) is 4.02. The molecule has 0 aromatic heterocycles. The molecule has 0 saturated carbocycles. The highest BCUT2D eigenvalue weighted by Crippen LogP contribution is 2.37. The molecule has 2 aromatic carbocycles. The summed E-state index contributed by atoms with van der Waals surface area (Å²) in [5.74, 6) is -0.336. The number of para-hydroxylation sites is 2. The Balaban J connectivity index is 2.07. The van der Waals surface area contributed by atoms with Gasteiger partial charge in [-0.1, -0.05) is 23.7 Å². The lowest BCUT2D eigenvalue weighted by atomic mass is 10.2. The van der Waals surface area contributed by atoms with E-state index in [1.54, 1.807) is 24.3 Å². The van der Waals surface area contributed by atoms with E-state index in [9.17, 15) is 13.2 Å². The Morgan fingerprint density at radius 2 is 1.88 bits per heavy atom. The van der Waals surface area contributed by atoms with Gasteiger partial charge in [0.1, 0.15) is 5.75 Å². The van der Waals surface area contributed by atoms with Crippen LogP contribution in [0.15, 0.2) is 53.4 Å². The lowest BCUT2D eigenvalue weighted by Gasteiger charge is -2.34. The summed E-state index contributed by atoms with van der Waals surface area (Å²) in [6, 6.07) is 12.5. The number of fused-ring (bicyclic) bond motifs is 1. The van der Waals surface area contributed by atoms with Crippen molar-refractivity contribution in [2.24, 2.45) is 0 Å². The summed E-state index contributed by atoms with van der Waals surface area (Å²) in [5.41, 5.74) is 0.368. The summed E-state index contributed by atoms with van der Waals surface area (Å²) in [5, 5.41) is 0.434. The molecular formula is C16H14ClNO5S. The van der Waals surface area contributed by atoms with E-state index in [1.807, 2.05) is 0 Å². The molecule has 6 nitrogen and oxygen atoms in total. The van der Waals surface area contributed by atoms with Crippen molar-refractivity contribution >= 4 is 33.3 Å². The van der Waals surface area contributed by atoms with Crippen LogP contribution in [0.4, 0.5) is 5.69 Å². The molecule has 0 amide bonds. The zero-order valence-electron chi connectivity index (χ0n) is 12.7. The quantitative estimate of drug-likeness (QED) is 0.779. The number of rotatable bonds is 3. The van der Waals surface area contributed by atoms with Gasteiger partial charge in [0.25, 0.3) is 10.0 Å². The Morgan fingerprint density at radius 1 is 1.21 bits per heavy atom. The van der Waals surface area contributed by atoms with Crippen molar-refractivity contribution in [3.8, 4) is 5.75 Å². The van der Waals surface area contributed by atoms with Gasteiger partial charge in [-0.15, -0.1) is 0 Å². The summed E-state index contributed by atoms with van der Waals surface area (Å²) in [6.45, 7) is -0.172. The summed E-state index contributed by atoms with van der Waals surface area (Å²) in [6.07, 6.45) is -1.04. The third kappa shape index (κ3) is 2.92. The number of hydrogen-bond acceptors (Lipinski definition) is 5. The molecule has 1 atom stereocenters. The molecular weight excluding hydrogens is 354 g/mol. The first-order valence-electron chi connectivity index (χ1n) is 7.05. The summed E-state index contributed by atoms with van der Waals surface area (Å²) >= 11 is 5.82. The topological polar surface area (TPSA) is 72.9 Å². The van der Waals surface area contributed by atoms with Crippen molar-refractivity contribution in [2.45, 2.75) is 11.0 Å². The molecule has 2 aromatic rings. The number of anilines is 1. The first-order valence-corrected chi connectivity index (χ1v) is 8.87. The maximum absolute atomic E-state index is 13.0. The molecule has 1 unspecified atom stereocenters. The van der Waals surface area contributed by atoms with Gasteiger partial charge in [-0.05, 0) is 36.4 Å². The molecule has 0 fully saturated rings. The number of carbonyl (C=O) groups excluding carboxylic acids is 1. The minimum Gasteiger partial charge on any atom is -0.475 e. The van der Waals surface area contributed by atoms with Gasteiger partial charge < -0.3 is 9.47 Å². The molecule has 1 aliphatic rings. The van der Waals surface area contributed by atoms with Crippen molar-refractivity contribution in [3.05, 3.63) is 53.6 Å². The van der Waals surface area contributed by atoms with Crippen LogP contribution in [0, 0.1) is 0 Å². The van der Waals surface area contributed by atoms with Gasteiger partial charge >= 0.3 is 5.97 Å². The first kappa shape index (κ1) is 16.6. The van der Waals surface area contributed by atoms with Gasteiger partial charge in [0.15, 0.2) is 0 Å². The Morgan fingerprint density at radius 3 is 2.54 bits per heavy atom. The van der Waals surface area contributed by atoms with Crippen LogP contribution >= 0.6 is 11.6 Å². The normalized spacial score (nSPS) is 16.9. The van der Waals surface area contributed by atoms with E-state index >= 15 is 0 Å². The molecule has 0 N–H and O–H groups in total. The van der Waals surface area contributed by atoms with Crippen molar-refractivity contribution in [1.82, 2.24) is 0 Å². The lowest BCUT2D eigenvalue weighted by Crippen LogP contribution is -2.47. The molecule has 126 valence electrons. The number of esters is 1. The zero-order valence-corrected chi connectivity index (χ0v) is 14.3. The second kappa shape index (κ2) is 6.33. The molecule has 0 radical (unpaired) electrons. The summed E-state index contributed by atoms with van der Waals surface area (Å²) < 4.78 is 37.4. The number of ether oxygens (including phenoxy) is 2. The molecule has 8 heteroatoms. The van der Waals surface area contributed by atoms with E-state index in [2.05, 4.69) is 4.74 Å². The smallest absolute Gasteiger partial charge is 0.348 e. The van der Waals surface area contributed by atoms with Crippen LogP contribution < -0.4 is 9.04 Å². The van der Waals surface area contributed by atoms with E-state index in [4.69, 9.17) is 16.3 Å². The monoisotopic (exact) mass is 367 g/mol. The number of methoxy groups -OCH3 is 1. The van der Waals surface area contributed by atoms with E-state index in [0.717, 1.165) is 4.31 Å². The van der Waals surface area contributed by atoms with Crippen molar-refractivity contribution < 1.29 is 22.7 Å². The Bertz CT molecular complexity index is 866. The average Bonchev–Trinajstić information content (AvgIpc) is 2.60. The van der Waals surface area contributed by atoms with E-state index in [-0.39, 0.29) is 11.4 Å². The molecule has 0 bridgehead atoms. The maximum Gasteiger partial charge on any atom is 0.348 e. The molecule has 0 saturated heterocycles. The number of sulfonamides is 1.